The Hall–Kier alpha value is -3.09. The Morgan fingerprint density at radius 2 is 1.72 bits per heavy atom. The van der Waals surface area contributed by atoms with Gasteiger partial charge < -0.3 is 31.1 Å². The molecule has 16 nitrogen and oxygen atoms in total. The number of β-lactam (4-membered cyclic amide) rings is 1. The number of benzene rings is 1. The van der Waals surface area contributed by atoms with Gasteiger partial charge in [-0.2, -0.15) is 0 Å². The number of hydrogen-bond donors (Lipinski definition) is 4. The van der Waals surface area contributed by atoms with Crippen molar-refractivity contribution in [3.63, 3.8) is 0 Å². The number of nitrogens with one attached hydrogen (secondary N) is 3. The van der Waals surface area contributed by atoms with Crippen molar-refractivity contribution in [2.24, 2.45) is 5.73 Å². The zero-order chi connectivity index (χ0) is 28.2. The fourth-order valence-corrected chi connectivity index (χ4v) is 4.39. The van der Waals surface area contributed by atoms with Crippen molar-refractivity contribution >= 4 is 45.9 Å². The number of carbonyl (C=O) groups excluding carboxylic acids is 6. The van der Waals surface area contributed by atoms with Crippen LogP contribution in [0.3, 0.4) is 0 Å². The number of rotatable bonds is 9. The molecule has 0 radical (unpaired) electrons. The Balaban J connectivity index is 0.00000533. The van der Waals surface area contributed by atoms with E-state index < -0.39 is 77.1 Å². The number of amides is 7. The molecule has 0 aromatic heterocycles. The molecule has 3 atom stereocenters. The summed E-state index contributed by atoms with van der Waals surface area (Å²) >= 11 is 0. The van der Waals surface area contributed by atoms with E-state index in [1.807, 2.05) is 0 Å². The van der Waals surface area contributed by atoms with Gasteiger partial charge in [0.2, 0.25) is 11.8 Å². The van der Waals surface area contributed by atoms with Crippen LogP contribution in [0.25, 0.3) is 0 Å². The van der Waals surface area contributed by atoms with Crippen LogP contribution in [0, 0.1) is 0 Å². The second kappa shape index (κ2) is 13.3. The minimum Gasteiger partial charge on any atom is -0.731 e. The second-order valence-corrected chi connectivity index (χ2v) is 9.67. The van der Waals surface area contributed by atoms with Crippen molar-refractivity contribution in [1.82, 2.24) is 30.1 Å². The maximum absolute atomic E-state index is 12.9. The number of likely N-dealkylation sites (N-methyl/N-ethyl adjacent to an activating group) is 1. The van der Waals surface area contributed by atoms with Gasteiger partial charge in [0.25, 0.3) is 5.91 Å². The molecule has 0 saturated carbocycles. The van der Waals surface area contributed by atoms with Crippen molar-refractivity contribution in [3.05, 3.63) is 35.9 Å². The van der Waals surface area contributed by atoms with Crippen molar-refractivity contribution in [1.29, 1.82) is 0 Å². The van der Waals surface area contributed by atoms with Crippen molar-refractivity contribution in [2.75, 3.05) is 32.7 Å². The Kier molecular flexibility index (Phi) is 11.0. The number of imide groups is 1. The third-order valence-electron chi connectivity index (χ3n) is 5.91. The third kappa shape index (κ3) is 7.52. The van der Waals surface area contributed by atoms with E-state index in [4.69, 9.17) is 5.73 Å². The molecule has 1 aromatic rings. The van der Waals surface area contributed by atoms with Crippen LogP contribution < -0.4 is 51.2 Å². The fraction of sp³-hybridized carbons (Fsp3) is 0.429. The van der Waals surface area contributed by atoms with E-state index >= 15 is 0 Å². The van der Waals surface area contributed by atoms with Gasteiger partial charge in [0.05, 0.1) is 6.54 Å². The predicted octanol–water partition coefficient (Wildman–Crippen LogP) is -6.64. The maximum Gasteiger partial charge on any atom is 1.00 e. The Labute approximate surface area is 245 Å². The topological polar surface area (TPSA) is 231 Å². The van der Waals surface area contributed by atoms with Crippen LogP contribution in [0.15, 0.2) is 30.3 Å². The second-order valence-electron chi connectivity index (χ2n) is 8.37. The van der Waals surface area contributed by atoms with Gasteiger partial charge in [-0.05, 0) is 12.5 Å². The van der Waals surface area contributed by atoms with Crippen LogP contribution in [-0.2, 0) is 34.3 Å². The molecule has 0 bridgehead atoms. The average Bonchev–Trinajstić information content (AvgIpc) is 2.88. The number of piperazine rings is 1. The van der Waals surface area contributed by atoms with Gasteiger partial charge in [0, 0.05) is 26.2 Å². The molecule has 2 saturated heterocycles. The molecular weight excluding hydrogens is 549 g/mol. The zero-order valence-corrected chi connectivity index (χ0v) is 24.0. The van der Waals surface area contributed by atoms with E-state index in [2.05, 4.69) is 16.0 Å². The van der Waals surface area contributed by atoms with E-state index in [0.29, 0.717) is 17.0 Å². The monoisotopic (exact) mass is 575 g/mol. The standard InChI is InChI=1S/C21H27N7O9S.Na/c1-2-26-8-9-27(20(33)19(26)32)21(34)23-10-13(22)16(29)25-15(12-6-4-3-5-7-12)17(30)24-14-11-28(18(14)31)38(35,36)37;/h3-7,13-15H,2,8-11,22H2,1H3,(H,23,34)(H,24,30)(H,25,29)(H,35,36,37);/q;+1/p-1/t13?,14?,15-;/m1./s1. The molecule has 2 unspecified atom stereocenters. The molecule has 18 heteroatoms. The van der Waals surface area contributed by atoms with Crippen molar-refractivity contribution in [3.8, 4) is 0 Å². The quantitative estimate of drug-likeness (QED) is 0.0941. The summed E-state index contributed by atoms with van der Waals surface area (Å²) in [7, 11) is -5.00. The van der Waals surface area contributed by atoms with E-state index in [1.54, 1.807) is 25.1 Å². The number of nitrogens with two attached hydrogens (primary N) is 1. The molecule has 1 aromatic carbocycles. The normalized spacial score (nSPS) is 18.9. The molecule has 39 heavy (non-hydrogen) atoms. The van der Waals surface area contributed by atoms with Gasteiger partial charge in [-0.25, -0.2) is 17.5 Å². The summed E-state index contributed by atoms with van der Waals surface area (Å²) < 4.78 is 33.1. The zero-order valence-electron chi connectivity index (χ0n) is 21.2. The summed E-state index contributed by atoms with van der Waals surface area (Å²) in [4.78, 5) is 76.1. The molecule has 0 aliphatic carbocycles. The van der Waals surface area contributed by atoms with E-state index in [9.17, 15) is 41.7 Å². The van der Waals surface area contributed by atoms with Crippen LogP contribution in [0.5, 0.6) is 0 Å². The summed E-state index contributed by atoms with van der Waals surface area (Å²) in [5.41, 5.74) is 6.15. The largest absolute Gasteiger partial charge is 1.00 e. The molecular formula is C21H26N7NaO9S. The summed E-state index contributed by atoms with van der Waals surface area (Å²) in [6.07, 6.45) is 0. The molecule has 7 amide bonds. The van der Waals surface area contributed by atoms with E-state index in [1.165, 1.54) is 17.0 Å². The molecule has 2 heterocycles. The van der Waals surface area contributed by atoms with Gasteiger partial charge in [-0.1, -0.05) is 30.3 Å². The first-order chi connectivity index (χ1) is 17.8. The summed E-state index contributed by atoms with van der Waals surface area (Å²) in [5, 5.41) is 6.99. The fourth-order valence-electron chi connectivity index (χ4n) is 3.71. The molecule has 2 fully saturated rings. The Bertz CT molecular complexity index is 1250. The summed E-state index contributed by atoms with van der Waals surface area (Å²) in [5.74, 6) is -4.70. The van der Waals surface area contributed by atoms with Crippen LogP contribution >= 0.6 is 0 Å². The first kappa shape index (κ1) is 32.1. The first-order valence-corrected chi connectivity index (χ1v) is 12.8. The number of urea groups is 1. The average molecular weight is 576 g/mol. The smallest absolute Gasteiger partial charge is 0.731 e. The Morgan fingerprint density at radius 1 is 1.08 bits per heavy atom. The SMILES string of the molecule is CCN1CCN(C(=O)NCC(N)C(=O)N[C@@H](C(=O)NC2CN(S(=O)(=O)[O-])C2=O)c2ccccc2)C(=O)C1=O.[Na+]. The van der Waals surface area contributed by atoms with Crippen molar-refractivity contribution in [2.45, 2.75) is 25.0 Å². The minimum absolute atomic E-state index is 0. The minimum atomic E-state index is -5.00. The molecule has 206 valence electrons. The van der Waals surface area contributed by atoms with Crippen molar-refractivity contribution < 1.29 is 71.3 Å². The van der Waals surface area contributed by atoms with Gasteiger partial charge in [0.1, 0.15) is 18.1 Å². The number of nitrogens with zero attached hydrogens (tertiary/aromatic N) is 3. The summed E-state index contributed by atoms with van der Waals surface area (Å²) in [6.45, 7) is 1.14. The number of hydrogen-bond acceptors (Lipinski definition) is 10. The van der Waals surface area contributed by atoms with Crippen LogP contribution in [0.2, 0.25) is 0 Å². The first-order valence-electron chi connectivity index (χ1n) is 11.4. The molecule has 2 aliphatic heterocycles. The van der Waals surface area contributed by atoms with Gasteiger partial charge in [-0.3, -0.25) is 28.9 Å². The summed E-state index contributed by atoms with van der Waals surface area (Å²) in [6, 6.07) is 2.89. The van der Waals surface area contributed by atoms with Crippen LogP contribution in [-0.4, -0.2) is 107 Å². The van der Waals surface area contributed by atoms with E-state index in [-0.39, 0.29) is 47.0 Å². The Morgan fingerprint density at radius 3 is 2.28 bits per heavy atom. The number of carbonyl (C=O) groups is 6. The molecule has 2 aliphatic rings. The molecule has 5 N–H and O–H groups in total. The third-order valence-corrected chi connectivity index (χ3v) is 6.77. The molecule has 3 rings (SSSR count). The van der Waals surface area contributed by atoms with Crippen LogP contribution in [0.4, 0.5) is 4.79 Å². The molecule has 0 spiro atoms. The van der Waals surface area contributed by atoms with E-state index in [0.717, 1.165) is 0 Å². The van der Waals surface area contributed by atoms with Gasteiger partial charge >= 0.3 is 47.4 Å². The van der Waals surface area contributed by atoms with Gasteiger partial charge in [0.15, 0.2) is 10.3 Å². The predicted molar refractivity (Wildman–Crippen MR) is 126 cm³/mol. The van der Waals surface area contributed by atoms with Gasteiger partial charge in [-0.15, -0.1) is 0 Å². The van der Waals surface area contributed by atoms with Crippen LogP contribution in [0.1, 0.15) is 18.5 Å². The maximum atomic E-state index is 12.9.